The number of aryl methyl sites for hydroxylation is 1. The van der Waals surface area contributed by atoms with Gasteiger partial charge in [-0.2, -0.15) is 0 Å². The van der Waals surface area contributed by atoms with E-state index in [4.69, 9.17) is 11.6 Å². The Balaban J connectivity index is 1.48. The molecule has 0 saturated carbocycles. The molecular formula is C21H27ClFN3O+2. The number of carbonyl (C=O) groups is 1. The highest BCUT2D eigenvalue weighted by molar-refractivity contribution is 6.31. The van der Waals surface area contributed by atoms with Crippen LogP contribution < -0.4 is 15.1 Å². The van der Waals surface area contributed by atoms with Crippen LogP contribution in [0.4, 0.5) is 10.1 Å². The molecule has 1 fully saturated rings. The van der Waals surface area contributed by atoms with Gasteiger partial charge < -0.3 is 15.1 Å². The third-order valence-corrected chi connectivity index (χ3v) is 5.59. The minimum absolute atomic E-state index is 0.0477. The number of rotatable bonds is 6. The lowest BCUT2D eigenvalue weighted by Gasteiger charge is -2.29. The normalized spacial score (nSPS) is 19.7. The lowest BCUT2D eigenvalue weighted by molar-refractivity contribution is -1.02. The van der Waals surface area contributed by atoms with E-state index in [2.05, 4.69) is 12.2 Å². The summed E-state index contributed by atoms with van der Waals surface area (Å²) in [4.78, 5) is 15.0. The quantitative estimate of drug-likeness (QED) is 0.674. The number of anilines is 1. The van der Waals surface area contributed by atoms with E-state index >= 15 is 0 Å². The van der Waals surface area contributed by atoms with Gasteiger partial charge in [-0.25, -0.2) is 4.39 Å². The molecule has 1 heterocycles. The van der Waals surface area contributed by atoms with E-state index in [0.717, 1.165) is 43.9 Å². The topological polar surface area (TPSA) is 38.0 Å². The first-order chi connectivity index (χ1) is 13.1. The minimum atomic E-state index is -0.237. The van der Waals surface area contributed by atoms with Gasteiger partial charge >= 0.3 is 0 Å². The molecule has 144 valence electrons. The minimum Gasteiger partial charge on any atom is -0.322 e. The average molecular weight is 392 g/mol. The number of hydrogen-bond donors (Lipinski definition) is 3. The van der Waals surface area contributed by atoms with Crippen LogP contribution in [0.5, 0.6) is 0 Å². The smallest absolute Gasteiger partial charge is 0.279 e. The van der Waals surface area contributed by atoms with Crippen molar-refractivity contribution >= 4 is 23.2 Å². The predicted octanol–water partition coefficient (Wildman–Crippen LogP) is 0.964. The maximum Gasteiger partial charge on any atom is 0.279 e. The monoisotopic (exact) mass is 391 g/mol. The number of para-hydroxylation sites is 1. The van der Waals surface area contributed by atoms with Crippen molar-refractivity contribution in [2.24, 2.45) is 0 Å². The van der Waals surface area contributed by atoms with E-state index in [1.165, 1.54) is 15.9 Å². The van der Waals surface area contributed by atoms with Crippen LogP contribution in [-0.4, -0.2) is 38.6 Å². The summed E-state index contributed by atoms with van der Waals surface area (Å²) in [5.41, 5.74) is 2.64. The zero-order valence-corrected chi connectivity index (χ0v) is 16.4. The second-order valence-electron chi connectivity index (χ2n) is 7.11. The Kier molecular flexibility index (Phi) is 6.83. The Morgan fingerprint density at radius 3 is 2.48 bits per heavy atom. The van der Waals surface area contributed by atoms with Gasteiger partial charge in [-0.1, -0.05) is 42.8 Å². The van der Waals surface area contributed by atoms with E-state index in [-0.39, 0.29) is 11.7 Å². The summed E-state index contributed by atoms with van der Waals surface area (Å²) in [6, 6.07) is 12.7. The predicted molar refractivity (Wildman–Crippen MR) is 106 cm³/mol. The fourth-order valence-electron chi connectivity index (χ4n) is 3.63. The summed E-state index contributed by atoms with van der Waals surface area (Å²) in [6.07, 6.45) is 0.893. The third kappa shape index (κ3) is 5.28. The number of benzene rings is 2. The maximum absolute atomic E-state index is 14.0. The number of quaternary nitrogens is 2. The molecule has 6 heteroatoms. The molecule has 2 aromatic carbocycles. The zero-order valence-electron chi connectivity index (χ0n) is 15.7. The SMILES string of the molecule is CCc1ccccc1NC(=O)C[NH+]1CC[NH+](Cc2c(F)cccc2Cl)CC1. The lowest BCUT2D eigenvalue weighted by atomic mass is 10.1. The molecule has 0 unspecified atom stereocenters. The Bertz CT molecular complexity index is 770. The molecule has 0 aliphatic carbocycles. The summed E-state index contributed by atoms with van der Waals surface area (Å²) in [5.74, 6) is -0.190. The van der Waals surface area contributed by atoms with Gasteiger partial charge in [0.2, 0.25) is 0 Å². The van der Waals surface area contributed by atoms with Crippen LogP contribution in [0.15, 0.2) is 42.5 Å². The van der Waals surface area contributed by atoms with Crippen LogP contribution in [0.25, 0.3) is 0 Å². The number of hydrogen-bond acceptors (Lipinski definition) is 1. The van der Waals surface area contributed by atoms with Crippen molar-refractivity contribution in [3.63, 3.8) is 0 Å². The highest BCUT2D eigenvalue weighted by atomic mass is 35.5. The molecule has 0 spiro atoms. The third-order valence-electron chi connectivity index (χ3n) is 5.24. The van der Waals surface area contributed by atoms with Gasteiger partial charge in [0.15, 0.2) is 6.54 Å². The van der Waals surface area contributed by atoms with Crippen LogP contribution in [0, 0.1) is 5.82 Å². The van der Waals surface area contributed by atoms with Crippen LogP contribution in [0.1, 0.15) is 18.1 Å². The van der Waals surface area contributed by atoms with Crippen molar-refractivity contribution in [2.75, 3.05) is 38.0 Å². The number of carbonyl (C=O) groups excluding carboxylic acids is 1. The molecule has 1 saturated heterocycles. The first-order valence-electron chi connectivity index (χ1n) is 9.54. The molecule has 3 N–H and O–H groups in total. The van der Waals surface area contributed by atoms with Crippen molar-refractivity contribution in [3.8, 4) is 0 Å². The number of amides is 1. The van der Waals surface area contributed by atoms with E-state index in [1.54, 1.807) is 12.1 Å². The van der Waals surface area contributed by atoms with Crippen molar-refractivity contribution in [1.82, 2.24) is 0 Å². The summed E-state index contributed by atoms with van der Waals surface area (Å²) in [5, 5.41) is 3.53. The molecule has 4 nitrogen and oxygen atoms in total. The zero-order chi connectivity index (χ0) is 19.2. The van der Waals surface area contributed by atoms with E-state index in [0.29, 0.717) is 23.7 Å². The summed E-state index contributed by atoms with van der Waals surface area (Å²) >= 11 is 6.14. The molecule has 1 amide bonds. The van der Waals surface area contributed by atoms with Gasteiger partial charge in [0.1, 0.15) is 38.5 Å². The van der Waals surface area contributed by atoms with E-state index in [9.17, 15) is 9.18 Å². The van der Waals surface area contributed by atoms with Gasteiger partial charge in [-0.05, 0) is 30.2 Å². The summed E-state index contributed by atoms with van der Waals surface area (Å²) < 4.78 is 14.0. The lowest BCUT2D eigenvalue weighted by Crippen LogP contribution is -3.28. The average Bonchev–Trinajstić information content (AvgIpc) is 2.66. The molecule has 0 bridgehead atoms. The van der Waals surface area contributed by atoms with Crippen LogP contribution in [0.2, 0.25) is 5.02 Å². The standard InChI is InChI=1S/C21H25ClFN3O/c1-2-16-6-3-4-9-20(16)24-21(27)15-26-12-10-25(11-13-26)14-17-18(22)7-5-8-19(17)23/h3-9H,2,10-15H2,1H3,(H,24,27)/p+2. The number of piperazine rings is 1. The molecule has 1 aliphatic heterocycles. The first kappa shape index (κ1) is 19.8. The van der Waals surface area contributed by atoms with Crippen molar-refractivity contribution < 1.29 is 19.0 Å². The van der Waals surface area contributed by atoms with Crippen molar-refractivity contribution in [1.29, 1.82) is 0 Å². The number of halogens is 2. The van der Waals surface area contributed by atoms with Gasteiger partial charge in [-0.3, -0.25) is 4.79 Å². The van der Waals surface area contributed by atoms with E-state index in [1.807, 2.05) is 24.3 Å². The fraction of sp³-hybridized carbons (Fsp3) is 0.381. The second kappa shape index (κ2) is 9.31. The van der Waals surface area contributed by atoms with Gasteiger partial charge in [-0.15, -0.1) is 0 Å². The molecule has 2 aromatic rings. The molecular weight excluding hydrogens is 365 g/mol. The van der Waals surface area contributed by atoms with Crippen LogP contribution in [-0.2, 0) is 17.8 Å². The molecule has 0 radical (unpaired) electrons. The number of nitrogens with one attached hydrogen (secondary N) is 3. The highest BCUT2D eigenvalue weighted by Gasteiger charge is 2.26. The summed E-state index contributed by atoms with van der Waals surface area (Å²) in [6.45, 7) is 6.73. The van der Waals surface area contributed by atoms with E-state index < -0.39 is 0 Å². The summed E-state index contributed by atoms with van der Waals surface area (Å²) in [7, 11) is 0. The second-order valence-corrected chi connectivity index (χ2v) is 7.52. The fourth-order valence-corrected chi connectivity index (χ4v) is 3.86. The Morgan fingerprint density at radius 1 is 1.07 bits per heavy atom. The molecule has 1 aliphatic rings. The molecule has 0 atom stereocenters. The molecule has 3 rings (SSSR count). The Labute approximate surface area is 164 Å². The van der Waals surface area contributed by atoms with Crippen LogP contribution in [0.3, 0.4) is 0 Å². The van der Waals surface area contributed by atoms with Gasteiger partial charge in [0.25, 0.3) is 5.91 Å². The van der Waals surface area contributed by atoms with Crippen LogP contribution >= 0.6 is 11.6 Å². The molecule has 0 aromatic heterocycles. The highest BCUT2D eigenvalue weighted by Crippen LogP contribution is 2.17. The first-order valence-corrected chi connectivity index (χ1v) is 9.92. The van der Waals surface area contributed by atoms with Gasteiger partial charge in [0.05, 0.1) is 10.6 Å². The van der Waals surface area contributed by atoms with Gasteiger partial charge in [0, 0.05) is 5.69 Å². The van der Waals surface area contributed by atoms with Crippen molar-refractivity contribution in [3.05, 3.63) is 64.4 Å². The maximum atomic E-state index is 14.0. The Hall–Kier alpha value is -1.95. The molecule has 27 heavy (non-hydrogen) atoms. The van der Waals surface area contributed by atoms with Crippen molar-refractivity contribution in [2.45, 2.75) is 19.9 Å². The Morgan fingerprint density at radius 2 is 1.78 bits per heavy atom. The largest absolute Gasteiger partial charge is 0.322 e.